The molecule has 1 unspecified atom stereocenters. The van der Waals surface area contributed by atoms with Crippen molar-refractivity contribution in [1.29, 1.82) is 0 Å². The number of aromatic amines is 1. The lowest BCUT2D eigenvalue weighted by molar-refractivity contribution is -0.110. The summed E-state index contributed by atoms with van der Waals surface area (Å²) in [5, 5.41) is 12.3. The van der Waals surface area contributed by atoms with Gasteiger partial charge in [0.25, 0.3) is 5.91 Å². The summed E-state index contributed by atoms with van der Waals surface area (Å²) in [6.07, 6.45) is 2.86. The average Bonchev–Trinajstić information content (AvgIpc) is 3.18. The number of carbonyl (C=O) groups is 1. The van der Waals surface area contributed by atoms with Gasteiger partial charge in [-0.1, -0.05) is 18.8 Å². The van der Waals surface area contributed by atoms with E-state index in [9.17, 15) is 14.3 Å². The number of rotatable bonds is 3. The molecule has 1 aliphatic rings. The first-order valence-electron chi connectivity index (χ1n) is 7.82. The minimum absolute atomic E-state index is 0.0834. The van der Waals surface area contributed by atoms with Gasteiger partial charge >= 0.3 is 0 Å². The number of aliphatic hydroxyl groups is 1. The normalized spacial score (nSPS) is 15.4. The number of anilines is 1. The third-order valence-electron chi connectivity index (χ3n) is 3.91. The van der Waals surface area contributed by atoms with Crippen LogP contribution in [0.1, 0.15) is 30.2 Å². The topological polar surface area (TPSA) is 74.3 Å². The Morgan fingerprint density at radius 3 is 2.92 bits per heavy atom. The first-order chi connectivity index (χ1) is 12.0. The van der Waals surface area contributed by atoms with Crippen LogP contribution < -0.4 is 10.1 Å². The van der Waals surface area contributed by atoms with E-state index in [1.54, 1.807) is 25.3 Å². The van der Waals surface area contributed by atoms with Crippen LogP contribution in [0.2, 0.25) is 0 Å². The molecule has 1 amide bonds. The van der Waals surface area contributed by atoms with Gasteiger partial charge in [-0.15, -0.1) is 0 Å². The van der Waals surface area contributed by atoms with Crippen molar-refractivity contribution in [3.63, 3.8) is 0 Å². The number of hydrogen-bond donors (Lipinski definition) is 3. The highest BCUT2D eigenvalue weighted by atomic mass is 19.1. The maximum atomic E-state index is 14.3. The van der Waals surface area contributed by atoms with Gasteiger partial charge in [-0.2, -0.15) is 0 Å². The van der Waals surface area contributed by atoms with Gasteiger partial charge < -0.3 is 20.1 Å². The van der Waals surface area contributed by atoms with Crippen molar-refractivity contribution in [2.75, 3.05) is 12.4 Å². The third kappa shape index (κ3) is 3.14. The molecule has 25 heavy (non-hydrogen) atoms. The fourth-order valence-electron chi connectivity index (χ4n) is 2.58. The molecular weight excluding hydrogens is 323 g/mol. The van der Waals surface area contributed by atoms with E-state index in [0.717, 1.165) is 0 Å². The Balaban J connectivity index is 2.16. The summed E-state index contributed by atoms with van der Waals surface area (Å²) in [4.78, 5) is 15.3. The van der Waals surface area contributed by atoms with E-state index in [1.165, 1.54) is 19.2 Å². The van der Waals surface area contributed by atoms with Gasteiger partial charge in [-0.3, -0.25) is 4.79 Å². The summed E-state index contributed by atoms with van der Waals surface area (Å²) in [5.41, 5.74) is 1.83. The molecule has 0 radical (unpaired) electrons. The zero-order chi connectivity index (χ0) is 18.0. The predicted octanol–water partition coefficient (Wildman–Crippen LogP) is 2.78. The largest absolute Gasteiger partial charge is 0.495 e. The molecule has 1 atom stereocenters. The number of aromatic nitrogens is 1. The van der Waals surface area contributed by atoms with Gasteiger partial charge in [-0.25, -0.2) is 4.39 Å². The Hall–Kier alpha value is -3.04. The van der Waals surface area contributed by atoms with E-state index < -0.39 is 11.9 Å². The van der Waals surface area contributed by atoms with E-state index in [4.69, 9.17) is 4.74 Å². The first kappa shape index (κ1) is 16.8. The Kier molecular flexibility index (Phi) is 4.59. The summed E-state index contributed by atoms with van der Waals surface area (Å²) < 4.78 is 19.6. The quantitative estimate of drug-likeness (QED) is 0.594. The Labute approximate surface area is 144 Å². The molecular formula is C19H17FN2O3. The van der Waals surface area contributed by atoms with Crippen LogP contribution >= 0.6 is 0 Å². The highest BCUT2D eigenvalue weighted by Crippen LogP contribution is 2.37. The molecule has 0 saturated heterocycles. The second-order valence-corrected chi connectivity index (χ2v) is 5.51. The first-order valence-corrected chi connectivity index (χ1v) is 7.82. The molecule has 1 aromatic heterocycles. The number of halogens is 1. The molecule has 1 aromatic carbocycles. The van der Waals surface area contributed by atoms with Gasteiger partial charge in [-0.05, 0) is 30.7 Å². The predicted molar refractivity (Wildman–Crippen MR) is 93.4 cm³/mol. The molecule has 0 saturated carbocycles. The monoisotopic (exact) mass is 340 g/mol. The van der Waals surface area contributed by atoms with Gasteiger partial charge in [0.2, 0.25) is 0 Å². The van der Waals surface area contributed by atoms with Gasteiger partial charge in [0, 0.05) is 11.8 Å². The number of H-pyrrole nitrogens is 1. The number of ether oxygens (including phenoxy) is 1. The summed E-state index contributed by atoms with van der Waals surface area (Å²) in [6, 6.07) is 4.47. The number of benzene rings is 1. The lowest BCUT2D eigenvalue weighted by Crippen LogP contribution is -2.03. The average molecular weight is 340 g/mol. The number of aliphatic hydroxyl groups excluding tert-OH is 1. The molecule has 5 nitrogen and oxygen atoms in total. The molecule has 3 rings (SSSR count). The zero-order valence-corrected chi connectivity index (χ0v) is 13.8. The molecule has 1 aliphatic heterocycles. The fraction of sp³-hybridized carbons (Fsp3) is 0.211. The molecule has 3 N–H and O–H groups in total. The number of fused-ring (bicyclic) bond motifs is 1. The molecule has 128 valence electrons. The molecule has 2 heterocycles. The Morgan fingerprint density at radius 2 is 2.20 bits per heavy atom. The summed E-state index contributed by atoms with van der Waals surface area (Å²) >= 11 is 0. The van der Waals surface area contributed by atoms with E-state index >= 15 is 0 Å². The summed E-state index contributed by atoms with van der Waals surface area (Å²) in [6.45, 7) is 1.78. The van der Waals surface area contributed by atoms with Crippen molar-refractivity contribution in [2.24, 2.45) is 0 Å². The van der Waals surface area contributed by atoms with E-state index in [0.29, 0.717) is 29.1 Å². The summed E-state index contributed by atoms with van der Waals surface area (Å²) in [5.74, 6) is 4.95. The highest BCUT2D eigenvalue weighted by molar-refractivity contribution is 6.35. The number of amides is 1. The molecule has 0 spiro atoms. The van der Waals surface area contributed by atoms with Gasteiger partial charge in [0.1, 0.15) is 17.7 Å². The number of hydrogen-bond acceptors (Lipinski definition) is 3. The number of carbonyl (C=O) groups excluding carboxylic acids is 1. The van der Waals surface area contributed by atoms with Crippen LogP contribution in [0.25, 0.3) is 11.6 Å². The van der Waals surface area contributed by atoms with Crippen LogP contribution in [0.4, 0.5) is 10.1 Å². The van der Waals surface area contributed by atoms with Crippen molar-refractivity contribution in [2.45, 2.75) is 19.4 Å². The molecule has 0 bridgehead atoms. The molecule has 0 fully saturated rings. The lowest BCUT2D eigenvalue weighted by Gasteiger charge is -2.05. The molecule has 0 aliphatic carbocycles. The van der Waals surface area contributed by atoms with Crippen molar-refractivity contribution in [3.05, 3.63) is 47.0 Å². The Morgan fingerprint density at radius 1 is 1.40 bits per heavy atom. The van der Waals surface area contributed by atoms with Crippen molar-refractivity contribution in [3.8, 4) is 17.6 Å². The SMILES string of the molecule is CCC(O)C#Cc1c(F)ccc2c1/C(=C/c1[nH]ccc1OC)C(=O)N2. The number of nitrogens with one attached hydrogen (secondary N) is 2. The Bertz CT molecular complexity index is 918. The van der Waals surface area contributed by atoms with E-state index in [-0.39, 0.29) is 17.0 Å². The summed E-state index contributed by atoms with van der Waals surface area (Å²) in [7, 11) is 1.52. The van der Waals surface area contributed by atoms with Crippen molar-refractivity contribution < 1.29 is 19.0 Å². The lowest BCUT2D eigenvalue weighted by atomic mass is 9.99. The standard InChI is InChI=1S/C19H17FN2O3/c1-3-11(23)4-5-12-14(20)6-7-15-18(12)13(19(24)22-15)10-16-17(25-2)8-9-21-16/h6-11,21,23H,3H2,1-2H3,(H,22,24)/b13-10-. The fourth-order valence-corrected chi connectivity index (χ4v) is 2.58. The maximum absolute atomic E-state index is 14.3. The minimum Gasteiger partial charge on any atom is -0.495 e. The minimum atomic E-state index is -0.851. The van der Waals surface area contributed by atoms with Crippen LogP contribution in [0.5, 0.6) is 5.75 Å². The van der Waals surface area contributed by atoms with E-state index in [2.05, 4.69) is 22.1 Å². The maximum Gasteiger partial charge on any atom is 0.256 e. The molecule has 2 aromatic rings. The zero-order valence-electron chi connectivity index (χ0n) is 13.8. The van der Waals surface area contributed by atoms with E-state index in [1.807, 2.05) is 0 Å². The van der Waals surface area contributed by atoms with Crippen LogP contribution in [0.15, 0.2) is 24.4 Å². The molecule has 6 heteroatoms. The second-order valence-electron chi connectivity index (χ2n) is 5.51. The smallest absolute Gasteiger partial charge is 0.256 e. The second kappa shape index (κ2) is 6.83. The number of methoxy groups -OCH3 is 1. The van der Waals surface area contributed by atoms with Crippen LogP contribution in [-0.2, 0) is 4.79 Å². The van der Waals surface area contributed by atoms with Crippen molar-refractivity contribution >= 4 is 23.2 Å². The van der Waals surface area contributed by atoms with Crippen LogP contribution in [0, 0.1) is 17.7 Å². The van der Waals surface area contributed by atoms with Gasteiger partial charge in [0.05, 0.1) is 29.6 Å². The van der Waals surface area contributed by atoms with Crippen LogP contribution in [-0.4, -0.2) is 29.2 Å². The van der Waals surface area contributed by atoms with Crippen LogP contribution in [0.3, 0.4) is 0 Å². The third-order valence-corrected chi connectivity index (χ3v) is 3.91. The van der Waals surface area contributed by atoms with Crippen molar-refractivity contribution in [1.82, 2.24) is 4.98 Å². The highest BCUT2D eigenvalue weighted by Gasteiger charge is 2.28. The van der Waals surface area contributed by atoms with Gasteiger partial charge in [0.15, 0.2) is 0 Å².